The summed E-state index contributed by atoms with van der Waals surface area (Å²) < 4.78 is 31.8. The molecule has 3 fully saturated rings. The van der Waals surface area contributed by atoms with Gasteiger partial charge in [0.05, 0.1) is 12.7 Å². The molecule has 1 aromatic rings. The van der Waals surface area contributed by atoms with Crippen molar-refractivity contribution in [3.63, 3.8) is 0 Å². The maximum atomic E-state index is 15.0. The van der Waals surface area contributed by atoms with Gasteiger partial charge in [-0.25, -0.2) is 15.0 Å². The van der Waals surface area contributed by atoms with Crippen LogP contribution in [0.15, 0.2) is 24.3 Å². The van der Waals surface area contributed by atoms with E-state index in [4.69, 9.17) is 20.0 Å². The van der Waals surface area contributed by atoms with Crippen molar-refractivity contribution < 1.29 is 43.0 Å². The summed E-state index contributed by atoms with van der Waals surface area (Å²) in [6.07, 6.45) is 3.83. The van der Waals surface area contributed by atoms with E-state index in [2.05, 4.69) is 12.3 Å². The molecule has 5 N–H and O–H groups in total. The number of Topliss-reactive ketones (excluding diaryl/α,β-unsaturated/α-hetero) is 1. The Hall–Kier alpha value is -2.80. The molecule has 5 rings (SSSR count). The van der Waals surface area contributed by atoms with Crippen LogP contribution in [0.4, 0.5) is 4.39 Å². The van der Waals surface area contributed by atoms with Crippen LogP contribution in [0.5, 0.6) is 5.75 Å². The van der Waals surface area contributed by atoms with Crippen LogP contribution in [0.1, 0.15) is 65.4 Å². The number of nitrogens with one attached hydrogen (secondary N) is 1. The fourth-order valence-electron chi connectivity index (χ4n) is 8.48. The Morgan fingerprint density at radius 1 is 1.29 bits per heavy atom. The lowest BCUT2D eigenvalue weighted by molar-refractivity contribution is -0.207. The number of carbonyl (C=O) groups excluding carboxylic acids is 3. The molecule has 0 aromatic heterocycles. The molecule has 0 radical (unpaired) electrons. The first-order valence-electron chi connectivity index (χ1n) is 14.6. The standard InChI is InChI=1S/C30H40BFN2O8/c1-16-7-11-30-12-8-19(35)26(30)29(16,4)21(13-28(3,27(38)17(30)2)10-9-22(36)34-33)42-23(37)15-40-20-6-5-18-14-41-31(39)24(18)25(20)32/h5-6,9-10,16-17,21,26-27,38-39H,7-8,11-15,33H2,1-4H3,(H,34,36)/b10-9+/t16-,17-,21+,26-,27-,28+,29-,30-/m0/s1. The molecule has 0 spiro atoms. The monoisotopic (exact) mass is 586 g/mol. The zero-order valence-corrected chi connectivity index (χ0v) is 24.5. The van der Waals surface area contributed by atoms with Crippen molar-refractivity contribution in [3.05, 3.63) is 35.7 Å². The minimum Gasteiger partial charge on any atom is -0.479 e. The highest BCUT2D eigenvalue weighted by Gasteiger charge is 2.68. The van der Waals surface area contributed by atoms with E-state index in [0.717, 1.165) is 12.8 Å². The van der Waals surface area contributed by atoms with E-state index in [1.54, 1.807) is 12.1 Å². The minimum atomic E-state index is -1.41. The van der Waals surface area contributed by atoms with Gasteiger partial charge in [0.15, 0.2) is 18.2 Å². The molecule has 1 aromatic carbocycles. The third kappa shape index (κ3) is 4.76. The molecule has 228 valence electrons. The van der Waals surface area contributed by atoms with Crippen molar-refractivity contribution in [3.8, 4) is 5.75 Å². The summed E-state index contributed by atoms with van der Waals surface area (Å²) in [7, 11) is -1.41. The quantitative estimate of drug-likeness (QED) is 0.0973. The molecule has 1 heterocycles. The van der Waals surface area contributed by atoms with Gasteiger partial charge in [-0.2, -0.15) is 0 Å². The number of fused-ring (bicyclic) bond motifs is 1. The molecular formula is C30H40BFN2O8. The normalized spacial score (nSPS) is 37.6. The van der Waals surface area contributed by atoms with Crippen LogP contribution in [-0.2, 0) is 30.4 Å². The molecule has 12 heteroatoms. The SMILES string of the molecule is C[C@H]1[C@H](O)[C@](C)(/C=C/C(=O)NN)C[C@@H](OC(=O)COc2ccc3c(c2F)B(O)OC3)[C@@]2(C)[C@@H]3C(=O)CC[C@]31CC[C@@H]2C. The predicted octanol–water partition coefficient (Wildman–Crippen LogP) is 1.69. The van der Waals surface area contributed by atoms with Crippen LogP contribution >= 0.6 is 0 Å². The number of carbonyl (C=O) groups is 3. The van der Waals surface area contributed by atoms with Crippen LogP contribution in [-0.4, -0.2) is 53.7 Å². The number of hydrogen-bond acceptors (Lipinski definition) is 9. The van der Waals surface area contributed by atoms with Crippen LogP contribution in [0.25, 0.3) is 0 Å². The van der Waals surface area contributed by atoms with Gasteiger partial charge < -0.3 is 24.3 Å². The van der Waals surface area contributed by atoms with Crippen molar-refractivity contribution in [1.82, 2.24) is 5.43 Å². The van der Waals surface area contributed by atoms with Gasteiger partial charge in [-0.1, -0.05) is 39.8 Å². The Kier molecular flexibility index (Phi) is 8.06. The second kappa shape index (κ2) is 11.0. The third-order valence-corrected chi connectivity index (χ3v) is 11.1. The number of nitrogens with two attached hydrogens (primary N) is 1. The molecule has 8 atom stereocenters. The van der Waals surface area contributed by atoms with Crippen molar-refractivity contribution in [2.45, 2.75) is 78.6 Å². The average molecular weight is 586 g/mol. The van der Waals surface area contributed by atoms with E-state index in [1.807, 2.05) is 20.8 Å². The number of aliphatic hydroxyl groups is 1. The van der Waals surface area contributed by atoms with E-state index >= 15 is 4.39 Å². The molecule has 3 aliphatic carbocycles. The Morgan fingerprint density at radius 2 is 2.02 bits per heavy atom. The molecule has 1 aliphatic heterocycles. The summed E-state index contributed by atoms with van der Waals surface area (Å²) in [5.41, 5.74) is 0.279. The topological polar surface area (TPSA) is 157 Å². The van der Waals surface area contributed by atoms with Crippen molar-refractivity contribution in [2.24, 2.45) is 39.8 Å². The Balaban J connectivity index is 1.48. The Bertz CT molecular complexity index is 1310. The maximum Gasteiger partial charge on any atom is 0.494 e. The summed E-state index contributed by atoms with van der Waals surface area (Å²) in [5.74, 6) is 2.39. The van der Waals surface area contributed by atoms with Crippen molar-refractivity contribution >= 4 is 30.2 Å². The summed E-state index contributed by atoms with van der Waals surface area (Å²) in [5, 5.41) is 21.8. The zero-order chi connectivity index (χ0) is 30.6. The number of hydrogen-bond donors (Lipinski definition) is 4. The maximum absolute atomic E-state index is 15.0. The highest BCUT2D eigenvalue weighted by atomic mass is 19.1. The molecule has 1 amide bonds. The van der Waals surface area contributed by atoms with Crippen LogP contribution in [0, 0.1) is 39.8 Å². The summed E-state index contributed by atoms with van der Waals surface area (Å²) >= 11 is 0. The zero-order valence-electron chi connectivity index (χ0n) is 24.5. The van der Waals surface area contributed by atoms with Crippen molar-refractivity contribution in [1.29, 1.82) is 0 Å². The van der Waals surface area contributed by atoms with Gasteiger partial charge in [0.1, 0.15) is 11.9 Å². The molecule has 0 saturated heterocycles. The van der Waals surface area contributed by atoms with E-state index in [-0.39, 0.29) is 41.9 Å². The second-order valence-corrected chi connectivity index (χ2v) is 13.1. The summed E-state index contributed by atoms with van der Waals surface area (Å²) in [4.78, 5) is 39.0. The number of ketones is 1. The largest absolute Gasteiger partial charge is 0.494 e. The Morgan fingerprint density at radius 3 is 2.74 bits per heavy atom. The molecule has 3 saturated carbocycles. The number of ether oxygens (including phenoxy) is 2. The highest BCUT2D eigenvalue weighted by Crippen LogP contribution is 2.68. The minimum absolute atomic E-state index is 0.00930. The van der Waals surface area contributed by atoms with Gasteiger partial charge in [0.25, 0.3) is 5.91 Å². The number of rotatable bonds is 6. The summed E-state index contributed by atoms with van der Waals surface area (Å²) in [6.45, 7) is 7.32. The van der Waals surface area contributed by atoms with Crippen LogP contribution < -0.4 is 21.5 Å². The fourth-order valence-corrected chi connectivity index (χ4v) is 8.48. The predicted molar refractivity (Wildman–Crippen MR) is 150 cm³/mol. The molecule has 4 aliphatic rings. The number of hydrazine groups is 1. The van der Waals surface area contributed by atoms with Gasteiger partial charge in [-0.3, -0.25) is 15.0 Å². The van der Waals surface area contributed by atoms with Gasteiger partial charge in [-0.15, -0.1) is 0 Å². The molecule has 42 heavy (non-hydrogen) atoms. The van der Waals surface area contributed by atoms with E-state index < -0.39 is 65.8 Å². The first-order valence-corrected chi connectivity index (χ1v) is 14.6. The fraction of sp³-hybridized carbons (Fsp3) is 0.633. The molecule has 10 nitrogen and oxygen atoms in total. The lowest BCUT2D eigenvalue weighted by atomic mass is 9.44. The van der Waals surface area contributed by atoms with Crippen LogP contribution in [0.2, 0.25) is 0 Å². The van der Waals surface area contributed by atoms with E-state index in [0.29, 0.717) is 18.4 Å². The number of esters is 1. The van der Waals surface area contributed by atoms with Gasteiger partial charge in [-0.05, 0) is 54.6 Å². The van der Waals surface area contributed by atoms with E-state index in [1.165, 1.54) is 12.1 Å². The van der Waals surface area contributed by atoms with Crippen molar-refractivity contribution in [2.75, 3.05) is 6.61 Å². The van der Waals surface area contributed by atoms with Gasteiger partial charge in [0, 0.05) is 34.7 Å². The molecule has 2 bridgehead atoms. The number of amides is 1. The average Bonchev–Trinajstić information content (AvgIpc) is 3.52. The molecule has 0 unspecified atom stereocenters. The van der Waals surface area contributed by atoms with Crippen LogP contribution in [0.3, 0.4) is 0 Å². The smallest absolute Gasteiger partial charge is 0.479 e. The van der Waals surface area contributed by atoms with Gasteiger partial charge >= 0.3 is 13.1 Å². The van der Waals surface area contributed by atoms with Gasteiger partial charge in [0.2, 0.25) is 0 Å². The lowest BCUT2D eigenvalue weighted by Crippen LogP contribution is -2.63. The molecular weight excluding hydrogens is 546 g/mol. The Labute approximate surface area is 245 Å². The third-order valence-electron chi connectivity index (χ3n) is 11.1. The number of aliphatic hydroxyl groups excluding tert-OH is 1. The summed E-state index contributed by atoms with van der Waals surface area (Å²) in [6, 6.07) is 2.94. The lowest BCUT2D eigenvalue weighted by Gasteiger charge is -2.61. The number of halogens is 1. The number of benzene rings is 1. The van der Waals surface area contributed by atoms with E-state index in [9.17, 15) is 24.5 Å². The second-order valence-electron chi connectivity index (χ2n) is 13.1. The first kappa shape index (κ1) is 30.7. The first-order chi connectivity index (χ1) is 19.8. The highest BCUT2D eigenvalue weighted by molar-refractivity contribution is 6.61.